The molecule has 0 atom stereocenters. The van der Waals surface area contributed by atoms with Crippen LogP contribution >= 0.6 is 11.6 Å². The fourth-order valence-electron chi connectivity index (χ4n) is 2.69. The number of ketones is 1. The predicted molar refractivity (Wildman–Crippen MR) is 97.2 cm³/mol. The lowest BCUT2D eigenvalue weighted by Crippen LogP contribution is -2.28. The maximum absolute atomic E-state index is 12.7. The zero-order valence-corrected chi connectivity index (χ0v) is 14.1. The van der Waals surface area contributed by atoms with Gasteiger partial charge >= 0.3 is 0 Å². The summed E-state index contributed by atoms with van der Waals surface area (Å²) in [5, 5.41) is 5.30. The van der Waals surface area contributed by atoms with Crippen LogP contribution in [0.25, 0.3) is 22.2 Å². The molecule has 0 unspecified atom stereocenters. The average molecular weight is 366 g/mol. The summed E-state index contributed by atoms with van der Waals surface area (Å²) >= 11 is 6.09. The molecule has 8 heteroatoms. The first kappa shape index (κ1) is 16.2. The minimum atomic E-state index is -0.390. The summed E-state index contributed by atoms with van der Waals surface area (Å²) in [4.78, 5) is 36.0. The van der Waals surface area contributed by atoms with Crippen LogP contribution in [0, 0.1) is 0 Å². The highest BCUT2D eigenvalue weighted by Gasteiger charge is 2.17. The van der Waals surface area contributed by atoms with E-state index < -0.39 is 5.56 Å². The summed E-state index contributed by atoms with van der Waals surface area (Å²) in [5.74, 6) is -0.167. The van der Waals surface area contributed by atoms with E-state index in [-0.39, 0.29) is 18.2 Å². The number of nitrogens with zero attached hydrogens (tertiary/aromatic N) is 4. The Kier molecular flexibility index (Phi) is 4.06. The van der Waals surface area contributed by atoms with Crippen molar-refractivity contribution in [3.8, 4) is 11.3 Å². The smallest absolute Gasteiger partial charge is 0.276 e. The molecule has 4 rings (SSSR count). The van der Waals surface area contributed by atoms with Crippen LogP contribution in [0.1, 0.15) is 10.6 Å². The van der Waals surface area contributed by atoms with Crippen LogP contribution in [0.4, 0.5) is 0 Å². The zero-order chi connectivity index (χ0) is 18.1. The fraction of sp³-hybridized carbons (Fsp3) is 0.0556. The minimum absolute atomic E-state index is 0.175. The van der Waals surface area contributed by atoms with Crippen LogP contribution < -0.4 is 5.56 Å². The summed E-state index contributed by atoms with van der Waals surface area (Å²) in [5.41, 5.74) is 1.26. The summed E-state index contributed by atoms with van der Waals surface area (Å²) in [6, 6.07) is 10.4. The molecule has 0 radical (unpaired) electrons. The van der Waals surface area contributed by atoms with Crippen LogP contribution in [-0.2, 0) is 6.54 Å². The molecule has 1 N–H and O–H groups in total. The highest BCUT2D eigenvalue weighted by atomic mass is 35.5. The quantitative estimate of drug-likeness (QED) is 0.561. The van der Waals surface area contributed by atoms with Crippen molar-refractivity contribution in [2.45, 2.75) is 6.54 Å². The minimum Gasteiger partial charge on any atom is -0.342 e. The van der Waals surface area contributed by atoms with E-state index in [1.807, 2.05) is 6.07 Å². The van der Waals surface area contributed by atoms with E-state index in [4.69, 9.17) is 11.6 Å². The number of carbonyl (C=O) groups excluding carboxylic acids is 1. The van der Waals surface area contributed by atoms with Crippen molar-refractivity contribution in [2.75, 3.05) is 0 Å². The molecular weight excluding hydrogens is 354 g/mol. The zero-order valence-electron chi connectivity index (χ0n) is 13.4. The molecular formula is C18H12ClN5O2. The number of aromatic nitrogens is 5. The normalized spacial score (nSPS) is 11.0. The number of rotatable bonds is 4. The lowest BCUT2D eigenvalue weighted by Gasteiger charge is -2.10. The van der Waals surface area contributed by atoms with Gasteiger partial charge in [-0.3, -0.25) is 14.6 Å². The van der Waals surface area contributed by atoms with Crippen molar-refractivity contribution in [1.29, 1.82) is 0 Å². The van der Waals surface area contributed by atoms with Gasteiger partial charge in [-0.1, -0.05) is 23.7 Å². The van der Waals surface area contributed by atoms with Crippen LogP contribution in [0.2, 0.25) is 5.02 Å². The van der Waals surface area contributed by atoms with Gasteiger partial charge in [-0.15, -0.1) is 0 Å². The third-order valence-electron chi connectivity index (χ3n) is 3.87. The van der Waals surface area contributed by atoms with Gasteiger partial charge in [-0.25, -0.2) is 9.67 Å². The molecule has 1 aromatic carbocycles. The summed E-state index contributed by atoms with van der Waals surface area (Å²) < 4.78 is 1.13. The Morgan fingerprint density at radius 3 is 2.81 bits per heavy atom. The van der Waals surface area contributed by atoms with E-state index >= 15 is 0 Å². The predicted octanol–water partition coefficient (Wildman–Crippen LogP) is 2.72. The van der Waals surface area contributed by atoms with Crippen molar-refractivity contribution in [3.05, 3.63) is 76.2 Å². The molecule has 0 saturated heterocycles. The van der Waals surface area contributed by atoms with E-state index in [0.717, 1.165) is 4.68 Å². The Bertz CT molecular complexity index is 1170. The molecule has 3 heterocycles. The Morgan fingerprint density at radius 2 is 2.04 bits per heavy atom. The molecule has 3 aromatic heterocycles. The SMILES string of the molecule is O=C(Cn1nc(-c2cccc(Cl)c2)c2ncccc2c1=O)c1ncc[nH]1. The van der Waals surface area contributed by atoms with Crippen molar-refractivity contribution in [3.63, 3.8) is 0 Å². The van der Waals surface area contributed by atoms with Gasteiger partial charge in [0.25, 0.3) is 5.56 Å². The molecule has 0 aliphatic heterocycles. The van der Waals surface area contributed by atoms with Gasteiger partial charge < -0.3 is 4.98 Å². The number of hydrogen-bond donors (Lipinski definition) is 1. The highest BCUT2D eigenvalue weighted by Crippen LogP contribution is 2.25. The Balaban J connectivity index is 1.90. The number of benzene rings is 1. The number of carbonyl (C=O) groups is 1. The molecule has 0 aliphatic carbocycles. The third kappa shape index (κ3) is 2.89. The second-order valence-corrected chi connectivity index (χ2v) is 6.02. The molecule has 128 valence electrons. The van der Waals surface area contributed by atoms with Crippen molar-refractivity contribution >= 4 is 28.3 Å². The topological polar surface area (TPSA) is 93.5 Å². The first-order valence-corrected chi connectivity index (χ1v) is 8.15. The van der Waals surface area contributed by atoms with Crippen molar-refractivity contribution < 1.29 is 4.79 Å². The number of aromatic amines is 1. The Hall–Kier alpha value is -3.32. The number of nitrogens with one attached hydrogen (secondary N) is 1. The van der Waals surface area contributed by atoms with Crippen molar-refractivity contribution in [1.82, 2.24) is 24.7 Å². The number of imidazole rings is 1. The third-order valence-corrected chi connectivity index (χ3v) is 4.11. The molecule has 4 aromatic rings. The first-order chi connectivity index (χ1) is 12.6. The standard InChI is InChI=1S/C18H12ClN5O2/c19-12-4-1-3-11(9-12)15-16-13(5-2-6-20-16)18(26)24(23-15)10-14(25)17-21-7-8-22-17/h1-9H,10H2,(H,21,22). The lowest BCUT2D eigenvalue weighted by atomic mass is 10.1. The van der Waals surface area contributed by atoms with Gasteiger partial charge in [-0.05, 0) is 24.3 Å². The Morgan fingerprint density at radius 1 is 1.15 bits per heavy atom. The second kappa shape index (κ2) is 6.53. The number of hydrogen-bond acceptors (Lipinski definition) is 5. The summed E-state index contributed by atoms with van der Waals surface area (Å²) in [7, 11) is 0. The maximum Gasteiger partial charge on any atom is 0.276 e. The van der Waals surface area contributed by atoms with E-state index in [1.165, 1.54) is 6.20 Å². The van der Waals surface area contributed by atoms with Crippen LogP contribution in [0.15, 0.2) is 59.8 Å². The summed E-state index contributed by atoms with van der Waals surface area (Å²) in [6.07, 6.45) is 4.62. The van der Waals surface area contributed by atoms with E-state index in [1.54, 1.807) is 42.7 Å². The molecule has 7 nitrogen and oxygen atoms in total. The Labute approximate surface area is 152 Å². The molecule has 0 saturated carbocycles. The molecule has 0 fully saturated rings. The van der Waals surface area contributed by atoms with Gasteiger partial charge in [-0.2, -0.15) is 5.10 Å². The molecule has 0 aliphatic rings. The number of halogens is 1. The largest absolute Gasteiger partial charge is 0.342 e. The number of Topliss-reactive ketones (excluding diaryl/α,β-unsaturated/α-hetero) is 1. The summed E-state index contributed by atoms with van der Waals surface area (Å²) in [6.45, 7) is -0.231. The van der Waals surface area contributed by atoms with E-state index in [0.29, 0.717) is 27.2 Å². The number of fused-ring (bicyclic) bond motifs is 1. The maximum atomic E-state index is 12.7. The van der Waals surface area contributed by atoms with Gasteiger partial charge in [0.1, 0.15) is 17.8 Å². The second-order valence-electron chi connectivity index (χ2n) is 5.58. The number of pyridine rings is 1. The van der Waals surface area contributed by atoms with Crippen LogP contribution in [0.3, 0.4) is 0 Å². The molecule has 26 heavy (non-hydrogen) atoms. The molecule has 0 amide bonds. The van der Waals surface area contributed by atoms with Crippen molar-refractivity contribution in [2.24, 2.45) is 0 Å². The molecule has 0 bridgehead atoms. The van der Waals surface area contributed by atoms with Gasteiger partial charge in [0.2, 0.25) is 5.78 Å². The van der Waals surface area contributed by atoms with Crippen LogP contribution in [0.5, 0.6) is 0 Å². The van der Waals surface area contributed by atoms with E-state index in [2.05, 4.69) is 20.1 Å². The van der Waals surface area contributed by atoms with Gasteiger partial charge in [0.05, 0.1) is 5.39 Å². The molecule has 0 spiro atoms. The average Bonchev–Trinajstić information content (AvgIpc) is 3.19. The van der Waals surface area contributed by atoms with Crippen LogP contribution in [-0.4, -0.2) is 30.5 Å². The number of H-pyrrole nitrogens is 1. The first-order valence-electron chi connectivity index (χ1n) is 7.78. The highest BCUT2D eigenvalue weighted by molar-refractivity contribution is 6.30. The monoisotopic (exact) mass is 365 g/mol. The fourth-order valence-corrected chi connectivity index (χ4v) is 2.88. The van der Waals surface area contributed by atoms with Gasteiger partial charge in [0, 0.05) is 29.2 Å². The lowest BCUT2D eigenvalue weighted by molar-refractivity contribution is 0.0957. The van der Waals surface area contributed by atoms with Gasteiger partial charge in [0.15, 0.2) is 5.82 Å². The van der Waals surface area contributed by atoms with E-state index in [9.17, 15) is 9.59 Å².